The van der Waals surface area contributed by atoms with Crippen molar-refractivity contribution in [3.8, 4) is 0 Å². The molecule has 6 nitrogen and oxygen atoms in total. The van der Waals surface area contributed by atoms with Gasteiger partial charge < -0.3 is 15.1 Å². The van der Waals surface area contributed by atoms with Crippen molar-refractivity contribution in [3.63, 3.8) is 0 Å². The maximum absolute atomic E-state index is 5.02. The molecule has 4 aliphatic heterocycles. The Balaban J connectivity index is 1.35. The molecular formula is C20H32N6. The molecule has 142 valence electrons. The molecule has 0 spiro atoms. The van der Waals surface area contributed by atoms with Gasteiger partial charge >= 0.3 is 0 Å². The normalized spacial score (nSPS) is 29.1. The zero-order chi connectivity index (χ0) is 17.8. The number of benzene rings is 1. The fraction of sp³-hybridized carbons (Fsp3) is 0.650. The average molecular weight is 357 g/mol. The van der Waals surface area contributed by atoms with Crippen molar-refractivity contribution in [1.82, 2.24) is 20.0 Å². The molecule has 0 aromatic heterocycles. The van der Waals surface area contributed by atoms with Gasteiger partial charge in [-0.05, 0) is 19.1 Å². The fourth-order valence-corrected chi connectivity index (χ4v) is 4.33. The highest BCUT2D eigenvalue weighted by molar-refractivity contribution is 5.80. The third-order valence-electron chi connectivity index (χ3n) is 5.88. The van der Waals surface area contributed by atoms with Crippen LogP contribution in [-0.2, 0) is 0 Å². The Morgan fingerprint density at radius 3 is 2.35 bits per heavy atom. The Bertz CT molecular complexity index is 588. The monoisotopic (exact) mass is 356 g/mol. The summed E-state index contributed by atoms with van der Waals surface area (Å²) in [5.74, 6) is 1.10. The molecule has 1 unspecified atom stereocenters. The number of fused-ring (bicyclic) bond motifs is 3. The Hall–Kier alpha value is -1.79. The van der Waals surface area contributed by atoms with Crippen LogP contribution in [0, 0.1) is 0 Å². The lowest BCUT2D eigenvalue weighted by atomic mass is 10.1. The van der Waals surface area contributed by atoms with Crippen molar-refractivity contribution in [2.45, 2.75) is 13.0 Å². The predicted molar refractivity (Wildman–Crippen MR) is 108 cm³/mol. The lowest BCUT2D eigenvalue weighted by molar-refractivity contribution is 0.0173. The van der Waals surface area contributed by atoms with Crippen molar-refractivity contribution in [2.75, 3.05) is 76.9 Å². The predicted octanol–water partition coefficient (Wildman–Crippen LogP) is 0.774. The highest BCUT2D eigenvalue weighted by Crippen LogP contribution is 2.17. The summed E-state index contributed by atoms with van der Waals surface area (Å²) < 4.78 is 0. The van der Waals surface area contributed by atoms with Crippen LogP contribution in [0.4, 0.5) is 5.69 Å². The second kappa shape index (κ2) is 8.27. The molecule has 0 saturated carbocycles. The summed E-state index contributed by atoms with van der Waals surface area (Å²) in [4.78, 5) is 15.1. The summed E-state index contributed by atoms with van der Waals surface area (Å²) in [6, 6.07) is 11.3. The number of guanidine groups is 1. The smallest absolute Gasteiger partial charge is 0.194 e. The van der Waals surface area contributed by atoms with Gasteiger partial charge in [0.2, 0.25) is 0 Å². The van der Waals surface area contributed by atoms with E-state index in [1.165, 1.54) is 38.4 Å². The molecule has 5 rings (SSSR count). The SMILES string of the molecule is CCNC(=NCC1CN2CCN1CC2)N1CCN(c2ccccc2)CC1. The molecule has 26 heavy (non-hydrogen) atoms. The van der Waals surface area contributed by atoms with Crippen molar-refractivity contribution in [2.24, 2.45) is 4.99 Å². The molecule has 4 fully saturated rings. The van der Waals surface area contributed by atoms with Crippen LogP contribution in [0.25, 0.3) is 0 Å². The van der Waals surface area contributed by atoms with E-state index in [1.807, 2.05) is 0 Å². The molecule has 0 aliphatic carbocycles. The fourth-order valence-electron chi connectivity index (χ4n) is 4.33. The largest absolute Gasteiger partial charge is 0.368 e. The minimum Gasteiger partial charge on any atom is -0.368 e. The van der Waals surface area contributed by atoms with Crippen LogP contribution < -0.4 is 10.2 Å². The number of hydrogen-bond donors (Lipinski definition) is 1. The van der Waals surface area contributed by atoms with Crippen LogP contribution in [0.1, 0.15) is 6.92 Å². The minimum absolute atomic E-state index is 0.594. The molecule has 0 amide bonds. The van der Waals surface area contributed by atoms with Gasteiger partial charge in [0.1, 0.15) is 0 Å². The molecule has 1 atom stereocenters. The van der Waals surface area contributed by atoms with E-state index in [0.29, 0.717) is 6.04 Å². The zero-order valence-electron chi connectivity index (χ0n) is 16.0. The molecule has 6 heteroatoms. The van der Waals surface area contributed by atoms with Gasteiger partial charge in [0, 0.05) is 77.2 Å². The Kier molecular flexibility index (Phi) is 5.60. The Morgan fingerprint density at radius 2 is 1.73 bits per heavy atom. The van der Waals surface area contributed by atoms with Gasteiger partial charge in [-0.2, -0.15) is 0 Å². The van der Waals surface area contributed by atoms with E-state index in [-0.39, 0.29) is 0 Å². The number of nitrogens with zero attached hydrogens (tertiary/aromatic N) is 5. The second-order valence-corrected chi connectivity index (χ2v) is 7.49. The van der Waals surface area contributed by atoms with Gasteiger partial charge in [-0.25, -0.2) is 0 Å². The third kappa shape index (κ3) is 3.96. The van der Waals surface area contributed by atoms with Crippen LogP contribution >= 0.6 is 0 Å². The topological polar surface area (TPSA) is 37.4 Å². The second-order valence-electron chi connectivity index (χ2n) is 7.49. The number of nitrogens with one attached hydrogen (secondary N) is 1. The Labute approximate surface area is 157 Å². The zero-order valence-corrected chi connectivity index (χ0v) is 16.0. The average Bonchev–Trinajstić information content (AvgIpc) is 2.73. The van der Waals surface area contributed by atoms with Crippen LogP contribution in [0.3, 0.4) is 0 Å². The number of para-hydroxylation sites is 1. The van der Waals surface area contributed by atoms with E-state index < -0.39 is 0 Å². The van der Waals surface area contributed by atoms with Crippen molar-refractivity contribution in [1.29, 1.82) is 0 Å². The highest BCUT2D eigenvalue weighted by Gasteiger charge is 2.31. The summed E-state index contributed by atoms with van der Waals surface area (Å²) in [5.41, 5.74) is 1.33. The molecule has 1 aromatic carbocycles. The first-order valence-electron chi connectivity index (χ1n) is 10.1. The molecule has 0 radical (unpaired) electrons. The van der Waals surface area contributed by atoms with Gasteiger partial charge in [0.15, 0.2) is 5.96 Å². The van der Waals surface area contributed by atoms with Crippen LogP contribution in [0.5, 0.6) is 0 Å². The van der Waals surface area contributed by atoms with Crippen LogP contribution in [0.15, 0.2) is 35.3 Å². The highest BCUT2D eigenvalue weighted by atomic mass is 15.4. The summed E-state index contributed by atoms with van der Waals surface area (Å²) in [5, 5.41) is 3.52. The summed E-state index contributed by atoms with van der Waals surface area (Å²) in [6.07, 6.45) is 0. The quantitative estimate of drug-likeness (QED) is 0.637. The maximum atomic E-state index is 5.02. The van der Waals surface area contributed by atoms with Gasteiger partial charge in [-0.1, -0.05) is 18.2 Å². The molecule has 2 bridgehead atoms. The number of anilines is 1. The first kappa shape index (κ1) is 17.6. The molecule has 4 saturated heterocycles. The lowest BCUT2D eigenvalue weighted by Gasteiger charge is -2.47. The Morgan fingerprint density at radius 1 is 1.00 bits per heavy atom. The van der Waals surface area contributed by atoms with Gasteiger partial charge in [0.05, 0.1) is 6.54 Å². The van der Waals surface area contributed by atoms with Crippen LogP contribution in [-0.4, -0.2) is 98.7 Å². The molecule has 1 aromatic rings. The van der Waals surface area contributed by atoms with E-state index in [0.717, 1.165) is 45.2 Å². The van der Waals surface area contributed by atoms with Gasteiger partial charge in [0.25, 0.3) is 0 Å². The molecular weight excluding hydrogens is 324 g/mol. The maximum Gasteiger partial charge on any atom is 0.194 e. The minimum atomic E-state index is 0.594. The number of rotatable bonds is 4. The molecule has 4 heterocycles. The standard InChI is InChI=1S/C20H32N6/c1-2-21-20(22-16-19-17-23-8-10-25(19)11-9-23)26-14-12-24(13-15-26)18-6-4-3-5-7-18/h3-7,19H,2,8-17H2,1H3,(H,21,22). The number of hydrogen-bond acceptors (Lipinski definition) is 4. The lowest BCUT2D eigenvalue weighted by Crippen LogP contribution is -2.62. The first-order valence-corrected chi connectivity index (χ1v) is 10.1. The van der Waals surface area contributed by atoms with E-state index in [9.17, 15) is 0 Å². The van der Waals surface area contributed by atoms with Gasteiger partial charge in [-0.3, -0.25) is 14.8 Å². The molecule has 1 N–H and O–H groups in total. The molecule has 4 aliphatic rings. The summed E-state index contributed by atoms with van der Waals surface area (Å²) >= 11 is 0. The first-order chi connectivity index (χ1) is 12.8. The third-order valence-corrected chi connectivity index (χ3v) is 5.88. The van der Waals surface area contributed by atoms with E-state index in [4.69, 9.17) is 4.99 Å². The summed E-state index contributed by atoms with van der Waals surface area (Å²) in [7, 11) is 0. The van der Waals surface area contributed by atoms with Crippen LogP contribution in [0.2, 0.25) is 0 Å². The van der Waals surface area contributed by atoms with Gasteiger partial charge in [-0.15, -0.1) is 0 Å². The number of aliphatic imine (C=N–C) groups is 1. The van der Waals surface area contributed by atoms with E-state index in [2.05, 4.69) is 62.2 Å². The van der Waals surface area contributed by atoms with E-state index >= 15 is 0 Å². The van der Waals surface area contributed by atoms with Crippen molar-refractivity contribution >= 4 is 11.6 Å². The van der Waals surface area contributed by atoms with Crippen molar-refractivity contribution in [3.05, 3.63) is 30.3 Å². The summed E-state index contributed by atoms with van der Waals surface area (Å²) in [6.45, 7) is 14.3. The van der Waals surface area contributed by atoms with E-state index in [1.54, 1.807) is 0 Å². The van der Waals surface area contributed by atoms with Crippen molar-refractivity contribution < 1.29 is 0 Å². The number of piperazine rings is 4.